The number of hydrogen-bond donors (Lipinski definition) is 3. The average molecular weight is 378 g/mol. The SMILES string of the molecule is CC(C)CC(=O)Nc1ccc(C(=O)NCC2(C(=O)O)CCCCC2)cc1F. The van der Waals surface area contributed by atoms with Crippen molar-refractivity contribution in [2.24, 2.45) is 11.3 Å². The van der Waals surface area contributed by atoms with Gasteiger partial charge < -0.3 is 15.7 Å². The zero-order valence-electron chi connectivity index (χ0n) is 15.8. The molecule has 2 rings (SSSR count). The third-order valence-corrected chi connectivity index (χ3v) is 4.95. The van der Waals surface area contributed by atoms with Crippen molar-refractivity contribution in [3.05, 3.63) is 29.6 Å². The van der Waals surface area contributed by atoms with Gasteiger partial charge in [0.2, 0.25) is 5.91 Å². The number of carboxylic acid groups (broad SMARTS) is 1. The highest BCUT2D eigenvalue weighted by Crippen LogP contribution is 2.36. The fraction of sp³-hybridized carbons (Fsp3) is 0.550. The summed E-state index contributed by atoms with van der Waals surface area (Å²) in [5, 5.41) is 14.7. The van der Waals surface area contributed by atoms with Crippen molar-refractivity contribution in [2.75, 3.05) is 11.9 Å². The van der Waals surface area contributed by atoms with Crippen LogP contribution < -0.4 is 10.6 Å². The first-order chi connectivity index (χ1) is 12.7. The van der Waals surface area contributed by atoms with Crippen LogP contribution in [-0.2, 0) is 9.59 Å². The van der Waals surface area contributed by atoms with Crippen molar-refractivity contribution in [3.8, 4) is 0 Å². The van der Waals surface area contributed by atoms with Crippen LogP contribution in [0.15, 0.2) is 18.2 Å². The Labute approximate surface area is 158 Å². The summed E-state index contributed by atoms with van der Waals surface area (Å²) in [6, 6.07) is 3.81. The lowest BCUT2D eigenvalue weighted by molar-refractivity contribution is -0.150. The predicted molar refractivity (Wildman–Crippen MR) is 100.0 cm³/mol. The van der Waals surface area contributed by atoms with Gasteiger partial charge in [0.1, 0.15) is 5.82 Å². The first-order valence-electron chi connectivity index (χ1n) is 9.34. The van der Waals surface area contributed by atoms with Crippen LogP contribution in [0.2, 0.25) is 0 Å². The summed E-state index contributed by atoms with van der Waals surface area (Å²) in [7, 11) is 0. The fourth-order valence-corrected chi connectivity index (χ4v) is 3.38. The maximum Gasteiger partial charge on any atom is 0.311 e. The largest absolute Gasteiger partial charge is 0.481 e. The van der Waals surface area contributed by atoms with Crippen LogP contribution >= 0.6 is 0 Å². The molecule has 0 atom stereocenters. The van der Waals surface area contributed by atoms with Crippen LogP contribution in [0.25, 0.3) is 0 Å². The molecule has 0 aliphatic heterocycles. The third-order valence-electron chi connectivity index (χ3n) is 4.95. The molecule has 1 aliphatic rings. The number of halogens is 1. The number of anilines is 1. The second kappa shape index (κ2) is 8.97. The zero-order chi connectivity index (χ0) is 20.0. The first kappa shape index (κ1) is 20.9. The van der Waals surface area contributed by atoms with Crippen molar-refractivity contribution < 1.29 is 23.9 Å². The van der Waals surface area contributed by atoms with Gasteiger partial charge in [0.05, 0.1) is 11.1 Å². The summed E-state index contributed by atoms with van der Waals surface area (Å²) < 4.78 is 14.2. The molecule has 1 aromatic rings. The molecule has 1 saturated carbocycles. The van der Waals surface area contributed by atoms with E-state index < -0.39 is 23.1 Å². The Morgan fingerprint density at radius 2 is 1.85 bits per heavy atom. The molecule has 0 unspecified atom stereocenters. The van der Waals surface area contributed by atoms with Crippen LogP contribution in [-0.4, -0.2) is 29.4 Å². The van der Waals surface area contributed by atoms with Crippen LogP contribution in [0.1, 0.15) is 62.7 Å². The fourth-order valence-electron chi connectivity index (χ4n) is 3.38. The van der Waals surface area contributed by atoms with Gasteiger partial charge in [-0.25, -0.2) is 4.39 Å². The van der Waals surface area contributed by atoms with Crippen molar-refractivity contribution in [2.45, 2.75) is 52.4 Å². The van der Waals surface area contributed by atoms with Crippen molar-refractivity contribution in [1.82, 2.24) is 5.32 Å². The Morgan fingerprint density at radius 1 is 1.19 bits per heavy atom. The number of nitrogens with one attached hydrogen (secondary N) is 2. The summed E-state index contributed by atoms with van der Waals surface area (Å²) in [5.74, 6) is -2.27. The van der Waals surface area contributed by atoms with E-state index in [1.54, 1.807) is 0 Å². The van der Waals surface area contributed by atoms with Gasteiger partial charge >= 0.3 is 5.97 Å². The van der Waals surface area contributed by atoms with Crippen LogP contribution in [0.4, 0.5) is 10.1 Å². The average Bonchev–Trinajstić information content (AvgIpc) is 2.61. The molecule has 0 heterocycles. The second-order valence-electron chi connectivity index (χ2n) is 7.67. The summed E-state index contributed by atoms with van der Waals surface area (Å²) in [5.41, 5.74) is -0.839. The Kier molecular flexibility index (Phi) is 6.93. The Balaban J connectivity index is 2.01. The maximum atomic E-state index is 14.2. The molecule has 0 bridgehead atoms. The van der Waals surface area contributed by atoms with Gasteiger partial charge in [0.15, 0.2) is 0 Å². The number of carboxylic acids is 1. The molecule has 1 fully saturated rings. The molecule has 148 valence electrons. The minimum atomic E-state index is -0.947. The lowest BCUT2D eigenvalue weighted by Crippen LogP contribution is -2.44. The summed E-state index contributed by atoms with van der Waals surface area (Å²) in [6.07, 6.45) is 3.97. The predicted octanol–water partition coefficient (Wildman–Crippen LogP) is 3.58. The quantitative estimate of drug-likeness (QED) is 0.676. The number of benzene rings is 1. The van der Waals surface area contributed by atoms with Gasteiger partial charge in [0.25, 0.3) is 5.91 Å². The monoisotopic (exact) mass is 378 g/mol. The Morgan fingerprint density at radius 3 is 2.41 bits per heavy atom. The number of amides is 2. The zero-order valence-corrected chi connectivity index (χ0v) is 15.8. The van der Waals surface area contributed by atoms with Crippen molar-refractivity contribution >= 4 is 23.5 Å². The molecule has 2 amide bonds. The summed E-state index contributed by atoms with van der Waals surface area (Å²) >= 11 is 0. The first-order valence-corrected chi connectivity index (χ1v) is 9.34. The van der Waals surface area contributed by atoms with Gasteiger partial charge in [-0.15, -0.1) is 0 Å². The molecule has 0 saturated heterocycles. The van der Waals surface area contributed by atoms with Crippen LogP contribution in [0.3, 0.4) is 0 Å². The normalized spacial score (nSPS) is 16.0. The number of rotatable bonds is 7. The molecule has 0 aromatic heterocycles. The maximum absolute atomic E-state index is 14.2. The molecular formula is C20H27FN2O4. The van der Waals surface area contributed by atoms with E-state index in [1.165, 1.54) is 12.1 Å². The lowest BCUT2D eigenvalue weighted by Gasteiger charge is -2.33. The van der Waals surface area contributed by atoms with Gasteiger partial charge in [-0.3, -0.25) is 14.4 Å². The minimum absolute atomic E-state index is 0.0199. The highest BCUT2D eigenvalue weighted by Gasteiger charge is 2.39. The minimum Gasteiger partial charge on any atom is -0.481 e. The van der Waals surface area contributed by atoms with Gasteiger partial charge in [-0.05, 0) is 37.0 Å². The van der Waals surface area contributed by atoms with E-state index >= 15 is 0 Å². The van der Waals surface area contributed by atoms with E-state index in [1.807, 2.05) is 13.8 Å². The number of hydrogen-bond acceptors (Lipinski definition) is 3. The van der Waals surface area contributed by atoms with Gasteiger partial charge in [-0.1, -0.05) is 33.1 Å². The standard InChI is InChI=1S/C20H27FN2O4/c1-13(2)10-17(24)23-16-7-6-14(11-15(16)21)18(25)22-12-20(19(26)27)8-4-3-5-9-20/h6-7,11,13H,3-5,8-10,12H2,1-2H3,(H,22,25)(H,23,24)(H,26,27). The lowest BCUT2D eigenvalue weighted by atomic mass is 9.74. The molecular weight excluding hydrogens is 351 g/mol. The molecule has 0 radical (unpaired) electrons. The van der Waals surface area contributed by atoms with Crippen molar-refractivity contribution in [3.63, 3.8) is 0 Å². The van der Waals surface area contributed by atoms with E-state index in [9.17, 15) is 23.9 Å². The third kappa shape index (κ3) is 5.52. The number of aliphatic carboxylic acids is 1. The molecule has 27 heavy (non-hydrogen) atoms. The van der Waals surface area contributed by atoms with E-state index in [2.05, 4.69) is 10.6 Å². The van der Waals surface area contributed by atoms with Gasteiger partial charge in [0, 0.05) is 18.5 Å². The second-order valence-corrected chi connectivity index (χ2v) is 7.67. The summed E-state index contributed by atoms with van der Waals surface area (Å²) in [6.45, 7) is 3.80. The molecule has 3 N–H and O–H groups in total. The van der Waals surface area contributed by atoms with E-state index in [0.29, 0.717) is 12.8 Å². The summed E-state index contributed by atoms with van der Waals surface area (Å²) in [4.78, 5) is 35.7. The Bertz CT molecular complexity index is 712. The highest BCUT2D eigenvalue weighted by atomic mass is 19.1. The molecule has 6 nitrogen and oxygen atoms in total. The number of carbonyl (C=O) groups is 3. The molecule has 7 heteroatoms. The van der Waals surface area contributed by atoms with E-state index in [4.69, 9.17) is 0 Å². The molecule has 1 aromatic carbocycles. The van der Waals surface area contributed by atoms with Crippen LogP contribution in [0.5, 0.6) is 0 Å². The Hall–Kier alpha value is -2.44. The van der Waals surface area contributed by atoms with E-state index in [-0.39, 0.29) is 36.0 Å². The highest BCUT2D eigenvalue weighted by molar-refractivity contribution is 5.96. The molecule has 1 aliphatic carbocycles. The topological polar surface area (TPSA) is 95.5 Å². The van der Waals surface area contributed by atoms with E-state index in [0.717, 1.165) is 25.3 Å². The number of carbonyl (C=O) groups excluding carboxylic acids is 2. The van der Waals surface area contributed by atoms with Crippen molar-refractivity contribution in [1.29, 1.82) is 0 Å². The van der Waals surface area contributed by atoms with Gasteiger partial charge in [-0.2, -0.15) is 0 Å². The molecule has 0 spiro atoms. The smallest absolute Gasteiger partial charge is 0.311 e. The van der Waals surface area contributed by atoms with Crippen LogP contribution in [0, 0.1) is 17.2 Å².